The van der Waals surface area contributed by atoms with Gasteiger partial charge in [0.2, 0.25) is 0 Å². The fourth-order valence-electron chi connectivity index (χ4n) is 1.07. The Morgan fingerprint density at radius 3 is 2.38 bits per heavy atom. The molecule has 5 heteroatoms. The zero-order chi connectivity index (χ0) is 10.1. The molecule has 1 aromatic rings. The molecule has 0 bridgehead atoms. The van der Waals surface area contributed by atoms with Gasteiger partial charge < -0.3 is 15.5 Å². The maximum absolute atomic E-state index is 10.9. The Kier molecular flexibility index (Phi) is 2.76. The van der Waals surface area contributed by atoms with Crippen LogP contribution in [0.15, 0.2) is 24.3 Å². The number of benzene rings is 1. The Bertz CT molecular complexity index is 347. The second-order valence-corrected chi connectivity index (χ2v) is 4.85. The van der Waals surface area contributed by atoms with E-state index in [1.54, 1.807) is 24.3 Å². The van der Waals surface area contributed by atoms with Crippen molar-refractivity contribution in [3.8, 4) is 0 Å². The summed E-state index contributed by atoms with van der Waals surface area (Å²) in [6.07, 6.45) is 0. The lowest BCUT2D eigenvalue weighted by atomic mass is 10.1. The van der Waals surface area contributed by atoms with E-state index in [-0.39, 0.29) is 0 Å². The Morgan fingerprint density at radius 2 is 1.92 bits per heavy atom. The molecule has 1 rings (SSSR count). The summed E-state index contributed by atoms with van der Waals surface area (Å²) in [4.78, 5) is 17.8. The lowest BCUT2D eigenvalue weighted by Gasteiger charge is -2.15. The Labute approximate surface area is 76.6 Å². The molecule has 1 atom stereocenters. The molecule has 0 aliphatic heterocycles. The number of rotatable bonds is 2. The van der Waals surface area contributed by atoms with Gasteiger partial charge >= 0.3 is 7.60 Å². The highest BCUT2D eigenvalue weighted by Gasteiger charge is 2.26. The zero-order valence-electron chi connectivity index (χ0n) is 7.21. The predicted octanol–water partition coefficient (Wildman–Crippen LogP) is 1.51. The summed E-state index contributed by atoms with van der Waals surface area (Å²) in [5, 5.41) is 0. The number of anilines is 1. The van der Waals surface area contributed by atoms with Gasteiger partial charge in [0.25, 0.3) is 0 Å². The number of para-hydroxylation sites is 1. The van der Waals surface area contributed by atoms with Crippen LogP contribution < -0.4 is 5.73 Å². The van der Waals surface area contributed by atoms with E-state index in [9.17, 15) is 4.57 Å². The average Bonchev–Trinajstić information content (AvgIpc) is 2.02. The van der Waals surface area contributed by atoms with Gasteiger partial charge in [-0.25, -0.2) is 0 Å². The molecule has 72 valence electrons. The fraction of sp³-hybridized carbons (Fsp3) is 0.250. The van der Waals surface area contributed by atoms with Crippen molar-refractivity contribution in [2.75, 3.05) is 5.73 Å². The van der Waals surface area contributed by atoms with Gasteiger partial charge in [-0.2, -0.15) is 0 Å². The molecule has 0 aromatic heterocycles. The van der Waals surface area contributed by atoms with E-state index < -0.39 is 13.3 Å². The highest BCUT2D eigenvalue weighted by molar-refractivity contribution is 7.52. The number of nitrogens with two attached hydrogens (primary N) is 1. The first kappa shape index (κ1) is 10.3. The molecule has 0 aliphatic rings. The standard InChI is InChI=1S/C8H12NO3P/c1-6(13(10,11)12)7-4-2-3-5-8(7)9/h2-6H,9H2,1H3,(H2,10,11,12). The van der Waals surface area contributed by atoms with Gasteiger partial charge in [-0.15, -0.1) is 0 Å². The van der Waals surface area contributed by atoms with Crippen molar-refractivity contribution in [2.45, 2.75) is 12.6 Å². The van der Waals surface area contributed by atoms with Crippen LogP contribution in [0.2, 0.25) is 0 Å². The molecule has 0 radical (unpaired) electrons. The first-order chi connectivity index (χ1) is 5.93. The number of hydrogen-bond acceptors (Lipinski definition) is 2. The number of nitrogen functional groups attached to an aromatic ring is 1. The van der Waals surface area contributed by atoms with Gasteiger partial charge in [-0.05, 0) is 18.6 Å². The molecule has 0 saturated carbocycles. The zero-order valence-corrected chi connectivity index (χ0v) is 8.11. The van der Waals surface area contributed by atoms with Crippen LogP contribution in [0.4, 0.5) is 5.69 Å². The van der Waals surface area contributed by atoms with E-state index in [1.807, 2.05) is 0 Å². The molecule has 0 fully saturated rings. The van der Waals surface area contributed by atoms with E-state index >= 15 is 0 Å². The van der Waals surface area contributed by atoms with Crippen molar-refractivity contribution < 1.29 is 14.4 Å². The van der Waals surface area contributed by atoms with E-state index in [4.69, 9.17) is 15.5 Å². The summed E-state index contributed by atoms with van der Waals surface area (Å²) >= 11 is 0. The minimum atomic E-state index is -4.09. The fourth-order valence-corrected chi connectivity index (χ4v) is 1.67. The van der Waals surface area contributed by atoms with Crippen LogP contribution in [0.1, 0.15) is 18.1 Å². The van der Waals surface area contributed by atoms with E-state index in [1.165, 1.54) is 6.92 Å². The third kappa shape index (κ3) is 2.31. The van der Waals surface area contributed by atoms with Gasteiger partial charge in [0.1, 0.15) is 0 Å². The van der Waals surface area contributed by atoms with Crippen LogP contribution in [-0.4, -0.2) is 9.79 Å². The molecule has 0 spiro atoms. The molecule has 0 saturated heterocycles. The molecule has 0 heterocycles. The summed E-state index contributed by atoms with van der Waals surface area (Å²) < 4.78 is 10.9. The van der Waals surface area contributed by atoms with Crippen LogP contribution in [0.5, 0.6) is 0 Å². The van der Waals surface area contributed by atoms with Crippen molar-refractivity contribution in [1.82, 2.24) is 0 Å². The largest absolute Gasteiger partial charge is 0.398 e. The number of hydrogen-bond donors (Lipinski definition) is 3. The van der Waals surface area contributed by atoms with Crippen molar-refractivity contribution in [1.29, 1.82) is 0 Å². The van der Waals surface area contributed by atoms with Crippen LogP contribution in [-0.2, 0) is 4.57 Å². The minimum absolute atomic E-state index is 0.415. The third-order valence-corrected chi connectivity index (χ3v) is 3.24. The predicted molar refractivity (Wildman–Crippen MR) is 51.3 cm³/mol. The quantitative estimate of drug-likeness (QED) is 0.500. The normalized spacial score (nSPS) is 14.1. The van der Waals surface area contributed by atoms with Gasteiger partial charge in [-0.3, -0.25) is 4.57 Å². The lowest BCUT2D eigenvalue weighted by Crippen LogP contribution is -1.99. The second-order valence-electron chi connectivity index (χ2n) is 2.89. The minimum Gasteiger partial charge on any atom is -0.398 e. The maximum Gasteiger partial charge on any atom is 0.332 e. The molecule has 4 nitrogen and oxygen atoms in total. The Balaban J connectivity index is 3.09. The molecule has 4 N–H and O–H groups in total. The maximum atomic E-state index is 10.9. The monoisotopic (exact) mass is 201 g/mol. The summed E-state index contributed by atoms with van der Waals surface area (Å²) in [6.45, 7) is 1.46. The van der Waals surface area contributed by atoms with Crippen LogP contribution in [0.3, 0.4) is 0 Å². The van der Waals surface area contributed by atoms with Gasteiger partial charge in [-0.1, -0.05) is 18.2 Å². The highest BCUT2D eigenvalue weighted by Crippen LogP contribution is 2.52. The smallest absolute Gasteiger partial charge is 0.332 e. The Morgan fingerprint density at radius 1 is 1.38 bits per heavy atom. The van der Waals surface area contributed by atoms with Crippen LogP contribution in [0, 0.1) is 0 Å². The summed E-state index contributed by atoms with van der Waals surface area (Å²) in [7, 11) is -4.09. The van der Waals surface area contributed by atoms with Gasteiger partial charge in [0.15, 0.2) is 0 Å². The first-order valence-corrected chi connectivity index (χ1v) is 5.50. The van der Waals surface area contributed by atoms with E-state index in [2.05, 4.69) is 0 Å². The van der Waals surface area contributed by atoms with Crippen molar-refractivity contribution in [2.24, 2.45) is 0 Å². The SMILES string of the molecule is CC(c1ccccc1N)P(=O)(O)O. The third-order valence-electron chi connectivity index (χ3n) is 1.95. The van der Waals surface area contributed by atoms with Gasteiger partial charge in [0, 0.05) is 5.69 Å². The summed E-state index contributed by atoms with van der Waals surface area (Å²) in [6, 6.07) is 6.68. The lowest BCUT2D eigenvalue weighted by molar-refractivity contribution is 0.362. The molecule has 0 aliphatic carbocycles. The Hall–Kier alpha value is -0.830. The molecular formula is C8H12NO3P. The molecule has 1 unspecified atom stereocenters. The van der Waals surface area contributed by atoms with Gasteiger partial charge in [0.05, 0.1) is 5.66 Å². The summed E-state index contributed by atoms with van der Waals surface area (Å²) in [5.74, 6) is 0. The van der Waals surface area contributed by atoms with Crippen LogP contribution >= 0.6 is 7.60 Å². The molecule has 1 aromatic carbocycles. The van der Waals surface area contributed by atoms with E-state index in [0.29, 0.717) is 11.3 Å². The molecular weight excluding hydrogens is 189 g/mol. The van der Waals surface area contributed by atoms with E-state index in [0.717, 1.165) is 0 Å². The van der Waals surface area contributed by atoms with Crippen molar-refractivity contribution >= 4 is 13.3 Å². The molecule has 13 heavy (non-hydrogen) atoms. The molecule has 0 amide bonds. The van der Waals surface area contributed by atoms with Crippen molar-refractivity contribution in [3.63, 3.8) is 0 Å². The second kappa shape index (κ2) is 3.50. The van der Waals surface area contributed by atoms with Crippen LogP contribution in [0.25, 0.3) is 0 Å². The summed E-state index contributed by atoms with van der Waals surface area (Å²) in [5.41, 5.74) is 5.65. The highest BCUT2D eigenvalue weighted by atomic mass is 31.2. The van der Waals surface area contributed by atoms with Crippen molar-refractivity contribution in [3.05, 3.63) is 29.8 Å². The average molecular weight is 201 g/mol. The first-order valence-electron chi connectivity index (χ1n) is 3.82. The topological polar surface area (TPSA) is 83.6 Å².